The number of carbonyl (C=O) groups excluding carboxylic acids is 2. The summed E-state index contributed by atoms with van der Waals surface area (Å²) in [5, 5.41) is 17.1. The van der Waals surface area contributed by atoms with Crippen LogP contribution in [0.2, 0.25) is 0 Å². The maximum Gasteiger partial charge on any atom is 0.270 e. The SMILES string of the molecule is COc1ccc(CCNC(=O)CC(=O)N/N=C\c2cccc([N+](=O)[O-])c2)cc1OC. The fourth-order valence-electron chi connectivity index (χ4n) is 2.53. The molecule has 0 aliphatic carbocycles. The number of nitrogens with one attached hydrogen (secondary N) is 2. The summed E-state index contributed by atoms with van der Waals surface area (Å²) in [5.41, 5.74) is 3.52. The van der Waals surface area contributed by atoms with Gasteiger partial charge in [-0.25, -0.2) is 5.43 Å². The maximum atomic E-state index is 11.9. The minimum atomic E-state index is -0.597. The smallest absolute Gasteiger partial charge is 0.270 e. The van der Waals surface area contributed by atoms with Crippen LogP contribution in [-0.4, -0.2) is 43.7 Å². The molecular formula is C20H22N4O6. The van der Waals surface area contributed by atoms with Gasteiger partial charge in [-0.2, -0.15) is 5.10 Å². The van der Waals surface area contributed by atoms with Crippen molar-refractivity contribution in [2.24, 2.45) is 5.10 Å². The van der Waals surface area contributed by atoms with Crippen molar-refractivity contribution >= 4 is 23.7 Å². The number of methoxy groups -OCH3 is 2. The van der Waals surface area contributed by atoms with Crippen molar-refractivity contribution in [3.63, 3.8) is 0 Å². The number of hydrogen-bond donors (Lipinski definition) is 2. The number of hydrogen-bond acceptors (Lipinski definition) is 7. The van der Waals surface area contributed by atoms with Gasteiger partial charge in [0.1, 0.15) is 6.42 Å². The Bertz CT molecular complexity index is 945. The van der Waals surface area contributed by atoms with Gasteiger partial charge in [0, 0.05) is 24.2 Å². The number of amides is 2. The van der Waals surface area contributed by atoms with E-state index in [-0.39, 0.29) is 5.69 Å². The first-order chi connectivity index (χ1) is 14.4. The molecular weight excluding hydrogens is 392 g/mol. The summed E-state index contributed by atoms with van der Waals surface area (Å²) in [6, 6.07) is 11.2. The lowest BCUT2D eigenvalue weighted by Crippen LogP contribution is -2.31. The van der Waals surface area contributed by atoms with Crippen LogP contribution in [0.5, 0.6) is 11.5 Å². The summed E-state index contributed by atoms with van der Waals surface area (Å²) >= 11 is 0. The fourth-order valence-corrected chi connectivity index (χ4v) is 2.53. The Hall–Kier alpha value is -3.95. The first kappa shape index (κ1) is 22.3. The Morgan fingerprint density at radius 2 is 1.87 bits per heavy atom. The van der Waals surface area contributed by atoms with Crippen molar-refractivity contribution in [3.05, 3.63) is 63.7 Å². The van der Waals surface area contributed by atoms with E-state index in [1.807, 2.05) is 12.1 Å². The zero-order chi connectivity index (χ0) is 21.9. The number of nitro benzene ring substituents is 1. The van der Waals surface area contributed by atoms with Crippen LogP contribution in [0.25, 0.3) is 0 Å². The number of nitrogens with zero attached hydrogens (tertiary/aromatic N) is 2. The molecule has 0 unspecified atom stereocenters. The van der Waals surface area contributed by atoms with Gasteiger partial charge in [-0.3, -0.25) is 19.7 Å². The van der Waals surface area contributed by atoms with Crippen molar-refractivity contribution in [1.82, 2.24) is 10.7 Å². The molecule has 10 nitrogen and oxygen atoms in total. The minimum absolute atomic E-state index is 0.0841. The molecule has 0 aromatic heterocycles. The van der Waals surface area contributed by atoms with E-state index >= 15 is 0 Å². The van der Waals surface area contributed by atoms with Crippen LogP contribution in [-0.2, 0) is 16.0 Å². The van der Waals surface area contributed by atoms with Gasteiger partial charge in [-0.1, -0.05) is 18.2 Å². The molecule has 0 saturated carbocycles. The topological polar surface area (TPSA) is 132 Å². The number of carbonyl (C=O) groups is 2. The Balaban J connectivity index is 1.75. The Morgan fingerprint density at radius 3 is 2.57 bits per heavy atom. The van der Waals surface area contributed by atoms with E-state index in [1.165, 1.54) is 24.4 Å². The van der Waals surface area contributed by atoms with Crippen LogP contribution in [0, 0.1) is 10.1 Å². The van der Waals surface area contributed by atoms with Crippen molar-refractivity contribution in [1.29, 1.82) is 0 Å². The number of ether oxygens (including phenoxy) is 2. The van der Waals surface area contributed by atoms with Gasteiger partial charge in [0.05, 0.1) is 25.4 Å². The molecule has 2 aromatic rings. The van der Waals surface area contributed by atoms with Crippen molar-refractivity contribution in [2.45, 2.75) is 12.8 Å². The summed E-state index contributed by atoms with van der Waals surface area (Å²) in [5.74, 6) is 0.175. The molecule has 0 saturated heterocycles. The van der Waals surface area contributed by atoms with E-state index in [0.29, 0.717) is 30.0 Å². The zero-order valence-corrected chi connectivity index (χ0v) is 16.6. The molecule has 2 aromatic carbocycles. The Labute approximate surface area is 173 Å². The molecule has 0 fully saturated rings. The summed E-state index contributed by atoms with van der Waals surface area (Å²) in [6.07, 6.45) is 1.43. The second-order valence-corrected chi connectivity index (χ2v) is 6.11. The van der Waals surface area contributed by atoms with E-state index < -0.39 is 23.2 Å². The predicted octanol–water partition coefficient (Wildman–Crippen LogP) is 1.81. The van der Waals surface area contributed by atoms with Crippen LogP contribution in [0.4, 0.5) is 5.69 Å². The second kappa shape index (κ2) is 11.1. The minimum Gasteiger partial charge on any atom is -0.493 e. The molecule has 10 heteroatoms. The summed E-state index contributed by atoms with van der Waals surface area (Å²) in [6.45, 7) is 0.346. The second-order valence-electron chi connectivity index (χ2n) is 6.11. The molecule has 2 amide bonds. The number of rotatable bonds is 10. The van der Waals surface area contributed by atoms with Gasteiger partial charge in [-0.15, -0.1) is 0 Å². The van der Waals surface area contributed by atoms with Crippen molar-refractivity contribution in [3.8, 4) is 11.5 Å². The van der Waals surface area contributed by atoms with Gasteiger partial charge in [0.2, 0.25) is 11.8 Å². The summed E-state index contributed by atoms with van der Waals surface area (Å²) in [7, 11) is 3.10. The number of hydrazone groups is 1. The molecule has 0 aliphatic rings. The molecule has 2 rings (SSSR count). The monoisotopic (exact) mass is 414 g/mol. The van der Waals surface area contributed by atoms with Crippen molar-refractivity contribution in [2.75, 3.05) is 20.8 Å². The Kier molecular flexibility index (Phi) is 8.30. The summed E-state index contributed by atoms with van der Waals surface area (Å²) in [4.78, 5) is 33.9. The average molecular weight is 414 g/mol. The number of nitro groups is 1. The molecule has 0 atom stereocenters. The zero-order valence-electron chi connectivity index (χ0n) is 16.6. The molecule has 2 N–H and O–H groups in total. The van der Waals surface area contributed by atoms with E-state index in [1.54, 1.807) is 26.4 Å². The number of benzene rings is 2. The normalized spacial score (nSPS) is 10.5. The van der Waals surface area contributed by atoms with E-state index in [2.05, 4.69) is 15.8 Å². The molecule has 0 spiro atoms. The van der Waals surface area contributed by atoms with Crippen LogP contribution < -0.4 is 20.2 Å². The highest BCUT2D eigenvalue weighted by Gasteiger charge is 2.09. The summed E-state index contributed by atoms with van der Waals surface area (Å²) < 4.78 is 10.4. The van der Waals surface area contributed by atoms with Crippen LogP contribution in [0.1, 0.15) is 17.5 Å². The molecule has 0 radical (unpaired) electrons. The van der Waals surface area contributed by atoms with Gasteiger partial charge >= 0.3 is 0 Å². The molecule has 30 heavy (non-hydrogen) atoms. The molecule has 0 bridgehead atoms. The third-order valence-corrected chi connectivity index (χ3v) is 3.99. The van der Waals surface area contributed by atoms with Gasteiger partial charge in [0.25, 0.3) is 5.69 Å². The largest absolute Gasteiger partial charge is 0.493 e. The van der Waals surface area contributed by atoms with Gasteiger partial charge < -0.3 is 14.8 Å². The first-order valence-electron chi connectivity index (χ1n) is 8.97. The van der Waals surface area contributed by atoms with E-state index in [9.17, 15) is 19.7 Å². The standard InChI is InChI=1S/C20H22N4O6/c1-29-17-7-6-14(11-18(17)30-2)8-9-21-19(25)12-20(26)23-22-13-15-4-3-5-16(10-15)24(27)28/h3-7,10-11,13H,8-9,12H2,1-2H3,(H,21,25)(H,23,26)/b22-13-. The van der Waals surface area contributed by atoms with Crippen LogP contribution in [0.15, 0.2) is 47.6 Å². The highest BCUT2D eigenvalue weighted by molar-refractivity contribution is 5.97. The molecule has 158 valence electrons. The third kappa shape index (κ3) is 6.89. The highest BCUT2D eigenvalue weighted by atomic mass is 16.6. The van der Waals surface area contributed by atoms with Gasteiger partial charge in [0.15, 0.2) is 11.5 Å². The fraction of sp³-hybridized carbons (Fsp3) is 0.250. The Morgan fingerprint density at radius 1 is 1.10 bits per heavy atom. The molecule has 0 heterocycles. The van der Waals surface area contributed by atoms with Crippen LogP contribution in [0.3, 0.4) is 0 Å². The molecule has 0 aliphatic heterocycles. The lowest BCUT2D eigenvalue weighted by Gasteiger charge is -2.10. The van der Waals surface area contributed by atoms with Crippen LogP contribution >= 0.6 is 0 Å². The lowest BCUT2D eigenvalue weighted by atomic mass is 10.1. The average Bonchev–Trinajstić information content (AvgIpc) is 2.73. The quantitative estimate of drug-likeness (QED) is 0.264. The number of non-ortho nitro benzene ring substituents is 1. The first-order valence-corrected chi connectivity index (χ1v) is 8.97. The van der Waals surface area contributed by atoms with Crippen molar-refractivity contribution < 1.29 is 24.0 Å². The van der Waals surface area contributed by atoms with Gasteiger partial charge in [-0.05, 0) is 24.1 Å². The van der Waals surface area contributed by atoms with E-state index in [0.717, 1.165) is 5.56 Å². The lowest BCUT2D eigenvalue weighted by molar-refractivity contribution is -0.384. The predicted molar refractivity (Wildman–Crippen MR) is 110 cm³/mol. The van der Waals surface area contributed by atoms with E-state index in [4.69, 9.17) is 9.47 Å². The third-order valence-electron chi connectivity index (χ3n) is 3.99. The maximum absolute atomic E-state index is 11.9. The highest BCUT2D eigenvalue weighted by Crippen LogP contribution is 2.27.